The first-order valence-corrected chi connectivity index (χ1v) is 13.2. The van der Waals surface area contributed by atoms with Crippen molar-refractivity contribution < 1.29 is 38.0 Å². The minimum Gasteiger partial charge on any atom is -0.471 e. The monoisotopic (exact) mass is 568 g/mol. The van der Waals surface area contributed by atoms with E-state index >= 15 is 0 Å². The number of imidazole rings is 1. The average Bonchev–Trinajstić information content (AvgIpc) is 3.59. The lowest BCUT2D eigenvalue weighted by Gasteiger charge is -2.17. The highest BCUT2D eigenvalue weighted by molar-refractivity contribution is 6.32. The molecule has 4 N–H and O–H groups in total. The second-order valence-electron chi connectivity index (χ2n) is 9.22. The summed E-state index contributed by atoms with van der Waals surface area (Å²) in [6, 6.07) is 3.48. The van der Waals surface area contributed by atoms with Crippen LogP contribution in [0.15, 0.2) is 18.2 Å². The minimum absolute atomic E-state index is 0.0374. The Hall–Kier alpha value is -3.06. The number of nitrogens with one attached hydrogen (secondary N) is 2. The Labute approximate surface area is 228 Å². The number of hydrogen-bond acceptors (Lipinski definition) is 8. The van der Waals surface area contributed by atoms with Gasteiger partial charge in [-0.1, -0.05) is 25.4 Å². The second kappa shape index (κ2) is 12.4. The zero-order valence-corrected chi connectivity index (χ0v) is 22.5. The fourth-order valence-corrected chi connectivity index (χ4v) is 4.80. The number of aliphatic hydroxyl groups is 2. The van der Waals surface area contributed by atoms with Crippen LogP contribution in [0.4, 0.5) is 8.78 Å². The maximum absolute atomic E-state index is 14.6. The number of aliphatic hydroxyl groups excluding tert-OH is 2. The first-order valence-electron chi connectivity index (χ1n) is 12.8. The number of amides is 1. The first-order chi connectivity index (χ1) is 18.7. The van der Waals surface area contributed by atoms with E-state index in [1.165, 1.54) is 13.0 Å². The number of H-pyrrole nitrogens is 1. The van der Waals surface area contributed by atoms with Crippen molar-refractivity contribution in [1.82, 2.24) is 20.3 Å². The van der Waals surface area contributed by atoms with E-state index in [2.05, 4.69) is 20.3 Å². The molecule has 1 aliphatic heterocycles. The van der Waals surface area contributed by atoms with Crippen molar-refractivity contribution in [2.24, 2.45) is 5.92 Å². The molecule has 0 radical (unpaired) electrons. The van der Waals surface area contributed by atoms with Crippen molar-refractivity contribution in [3.63, 3.8) is 0 Å². The zero-order valence-electron chi connectivity index (χ0n) is 21.7. The second-order valence-corrected chi connectivity index (χ2v) is 9.62. The number of halogens is 3. The van der Waals surface area contributed by atoms with Crippen molar-refractivity contribution in [3.8, 4) is 11.9 Å². The molecule has 39 heavy (non-hydrogen) atoms. The number of nitrogens with zero attached hydrogens (tertiary/aromatic N) is 2. The molecule has 0 spiro atoms. The van der Waals surface area contributed by atoms with E-state index < -0.39 is 41.9 Å². The van der Waals surface area contributed by atoms with Crippen LogP contribution in [0.3, 0.4) is 0 Å². The lowest BCUT2D eigenvalue weighted by Crippen LogP contribution is -2.30. The van der Waals surface area contributed by atoms with Crippen LogP contribution in [-0.4, -0.2) is 68.6 Å². The molecular weight excluding hydrogens is 538 g/mol. The first kappa shape index (κ1) is 28.9. The van der Waals surface area contributed by atoms with Crippen LogP contribution >= 0.6 is 11.6 Å². The summed E-state index contributed by atoms with van der Waals surface area (Å²) in [7, 11) is 0. The van der Waals surface area contributed by atoms with Crippen molar-refractivity contribution in [2.75, 3.05) is 13.2 Å². The molecule has 3 heterocycles. The van der Waals surface area contributed by atoms with E-state index in [1.54, 1.807) is 0 Å². The Morgan fingerprint density at radius 3 is 2.67 bits per heavy atom. The van der Waals surface area contributed by atoms with Gasteiger partial charge in [-0.3, -0.25) is 4.79 Å². The number of aromatic amines is 1. The Kier molecular flexibility index (Phi) is 9.21. The standard InChI is InChI=1S/C24H25ClF2N4O6.C2H6/c1-10(32)7-28-22(34)11-4-15(26)13(16(27)5-11)8-36-23-14(25)6-17-21(30-23)31-24(29-17)37-19-3-2-12-18(33)9-35-20(12)19;1-2/h4-6,10,12,18-20,32-33H,2-3,7-9H2,1H3,(H,28,34)(H,29,30,31);1-2H3/t10-,12?,18-,19-,20+;/m1./s1. The molecule has 212 valence electrons. The van der Waals surface area contributed by atoms with E-state index in [0.717, 1.165) is 18.6 Å². The molecular formula is C26H31ClF2N4O6. The number of carbonyl (C=O) groups is 1. The van der Waals surface area contributed by atoms with Gasteiger partial charge in [0.15, 0.2) is 5.65 Å². The molecule has 2 fully saturated rings. The number of pyridine rings is 1. The molecule has 5 atom stereocenters. The van der Waals surface area contributed by atoms with Crippen LogP contribution in [0.25, 0.3) is 11.2 Å². The Balaban J connectivity index is 0.00000172. The van der Waals surface area contributed by atoms with Crippen LogP contribution < -0.4 is 14.8 Å². The summed E-state index contributed by atoms with van der Waals surface area (Å²) in [5.41, 5.74) is 0.0550. The van der Waals surface area contributed by atoms with Gasteiger partial charge < -0.3 is 34.7 Å². The molecule has 10 nitrogen and oxygen atoms in total. The molecule has 2 aliphatic rings. The summed E-state index contributed by atoms with van der Waals surface area (Å²) in [5.74, 6) is -2.74. The fraction of sp³-hybridized carbons (Fsp3) is 0.500. The van der Waals surface area contributed by atoms with Gasteiger partial charge in [-0.15, -0.1) is 0 Å². The Morgan fingerprint density at radius 1 is 1.26 bits per heavy atom. The number of fused-ring (bicyclic) bond motifs is 2. The molecule has 3 aromatic rings. The number of benzene rings is 1. The molecule has 5 rings (SSSR count). The van der Waals surface area contributed by atoms with Gasteiger partial charge in [0.05, 0.1) is 36.0 Å². The zero-order chi connectivity index (χ0) is 28.3. The van der Waals surface area contributed by atoms with Gasteiger partial charge in [0, 0.05) is 18.0 Å². The van der Waals surface area contributed by atoms with Crippen LogP contribution in [0.1, 0.15) is 49.5 Å². The molecule has 2 aromatic heterocycles. The van der Waals surface area contributed by atoms with Gasteiger partial charge in [0.1, 0.15) is 29.4 Å². The Bertz CT molecular complexity index is 1300. The topological polar surface area (TPSA) is 139 Å². The molecule has 0 bridgehead atoms. The lowest BCUT2D eigenvalue weighted by molar-refractivity contribution is 0.0135. The van der Waals surface area contributed by atoms with Crippen LogP contribution in [0.2, 0.25) is 5.02 Å². The molecule has 13 heteroatoms. The van der Waals surface area contributed by atoms with Crippen molar-refractivity contribution in [2.45, 2.75) is 64.6 Å². The summed E-state index contributed by atoms with van der Waals surface area (Å²) in [6.45, 7) is 5.16. The molecule has 1 saturated heterocycles. The predicted octanol–water partition coefficient (Wildman–Crippen LogP) is 3.52. The fourth-order valence-electron chi connectivity index (χ4n) is 4.60. The maximum Gasteiger partial charge on any atom is 0.296 e. The van der Waals surface area contributed by atoms with Crippen molar-refractivity contribution in [3.05, 3.63) is 46.0 Å². The molecule has 1 aliphatic carbocycles. The summed E-state index contributed by atoms with van der Waals surface area (Å²) in [5, 5.41) is 21.7. The molecule has 1 unspecified atom stereocenters. The van der Waals surface area contributed by atoms with Gasteiger partial charge >= 0.3 is 0 Å². The number of rotatable bonds is 8. The number of hydrogen-bond donors (Lipinski definition) is 4. The predicted molar refractivity (Wildman–Crippen MR) is 138 cm³/mol. The summed E-state index contributed by atoms with van der Waals surface area (Å²) in [4.78, 5) is 23.6. The van der Waals surface area contributed by atoms with Gasteiger partial charge in [-0.05, 0) is 38.0 Å². The Morgan fingerprint density at radius 2 is 1.97 bits per heavy atom. The van der Waals surface area contributed by atoms with E-state index in [-0.39, 0.29) is 59.4 Å². The third kappa shape index (κ3) is 6.40. The smallest absolute Gasteiger partial charge is 0.296 e. The van der Waals surface area contributed by atoms with Crippen LogP contribution in [0, 0.1) is 17.6 Å². The number of ether oxygens (including phenoxy) is 3. The number of carbonyl (C=O) groups excluding carboxylic acids is 1. The van der Waals surface area contributed by atoms with E-state index in [9.17, 15) is 23.8 Å². The molecule has 1 saturated carbocycles. The third-order valence-electron chi connectivity index (χ3n) is 6.48. The highest BCUT2D eigenvalue weighted by Gasteiger charge is 2.47. The van der Waals surface area contributed by atoms with Gasteiger partial charge in [-0.2, -0.15) is 9.97 Å². The number of aromatic nitrogens is 3. The third-order valence-corrected chi connectivity index (χ3v) is 6.75. The van der Waals surface area contributed by atoms with Crippen LogP contribution in [-0.2, 0) is 11.3 Å². The molecule has 1 amide bonds. The minimum atomic E-state index is -0.982. The highest BCUT2D eigenvalue weighted by Crippen LogP contribution is 2.38. The van der Waals surface area contributed by atoms with Gasteiger partial charge in [0.2, 0.25) is 5.88 Å². The van der Waals surface area contributed by atoms with Crippen molar-refractivity contribution in [1.29, 1.82) is 0 Å². The van der Waals surface area contributed by atoms with Gasteiger partial charge in [-0.25, -0.2) is 8.78 Å². The molecule has 1 aromatic carbocycles. The highest BCUT2D eigenvalue weighted by atomic mass is 35.5. The normalized spacial score (nSPS) is 22.7. The van der Waals surface area contributed by atoms with Crippen molar-refractivity contribution >= 4 is 28.7 Å². The quantitative estimate of drug-likeness (QED) is 0.324. The average molecular weight is 569 g/mol. The lowest BCUT2D eigenvalue weighted by atomic mass is 10.0. The SMILES string of the molecule is CC.C[C@@H](O)CNC(=O)c1cc(F)c(COc2nc3nc(O[C@@H]4CCC5[C@H](O)CO[C@@H]54)[nH]c3cc2Cl)c(F)c1. The summed E-state index contributed by atoms with van der Waals surface area (Å²) < 4.78 is 46.2. The largest absolute Gasteiger partial charge is 0.471 e. The maximum atomic E-state index is 14.6. The van der Waals surface area contributed by atoms with E-state index in [1.807, 2.05) is 13.8 Å². The van der Waals surface area contributed by atoms with Crippen LogP contribution in [0.5, 0.6) is 11.9 Å². The van der Waals surface area contributed by atoms with Gasteiger partial charge in [0.25, 0.3) is 11.9 Å². The van der Waals surface area contributed by atoms with E-state index in [4.69, 9.17) is 25.8 Å². The summed E-state index contributed by atoms with van der Waals surface area (Å²) >= 11 is 6.26. The summed E-state index contributed by atoms with van der Waals surface area (Å²) in [6.07, 6.45) is -0.268. The van der Waals surface area contributed by atoms with E-state index in [0.29, 0.717) is 11.9 Å².